The summed E-state index contributed by atoms with van der Waals surface area (Å²) in [5, 5.41) is 4.35. The van der Waals surface area contributed by atoms with E-state index >= 15 is 0 Å². The summed E-state index contributed by atoms with van der Waals surface area (Å²) in [5.41, 5.74) is 3.85. The quantitative estimate of drug-likeness (QED) is 0.312. The van der Waals surface area contributed by atoms with E-state index in [1.165, 1.54) is 5.56 Å². The number of anilines is 2. The molecule has 5 nitrogen and oxygen atoms in total. The lowest BCUT2D eigenvalue weighted by molar-refractivity contribution is 0.0997. The third-order valence-corrected chi connectivity index (χ3v) is 6.76. The Morgan fingerprint density at radius 1 is 0.857 bits per heavy atom. The van der Waals surface area contributed by atoms with Crippen LogP contribution >= 0.6 is 23.2 Å². The molecule has 0 saturated carbocycles. The Bertz CT molecular complexity index is 1310. The minimum absolute atomic E-state index is 0.249. The first-order chi connectivity index (χ1) is 17.0. The molecule has 178 valence electrons. The Hall–Kier alpha value is -3.25. The van der Waals surface area contributed by atoms with E-state index in [1.54, 1.807) is 24.3 Å². The molecule has 3 aromatic carbocycles. The predicted molar refractivity (Wildman–Crippen MR) is 142 cm³/mol. The molecule has 0 unspecified atom stereocenters. The number of rotatable bonds is 6. The van der Waals surface area contributed by atoms with Gasteiger partial charge in [0.15, 0.2) is 5.76 Å². The zero-order valence-corrected chi connectivity index (χ0v) is 20.6. The van der Waals surface area contributed by atoms with Crippen LogP contribution in [0.1, 0.15) is 16.1 Å². The van der Waals surface area contributed by atoms with Gasteiger partial charge in [0.05, 0.1) is 0 Å². The van der Waals surface area contributed by atoms with Crippen molar-refractivity contribution in [2.45, 2.75) is 6.54 Å². The molecule has 0 atom stereocenters. The number of furan rings is 1. The molecule has 1 N–H and O–H groups in total. The largest absolute Gasteiger partial charge is 0.451 e. The fraction of sp³-hybridized carbons (Fsp3) is 0.179. The van der Waals surface area contributed by atoms with E-state index in [-0.39, 0.29) is 11.7 Å². The Morgan fingerprint density at radius 2 is 1.63 bits per heavy atom. The van der Waals surface area contributed by atoms with Gasteiger partial charge in [-0.25, -0.2) is 0 Å². The van der Waals surface area contributed by atoms with Crippen molar-refractivity contribution in [3.63, 3.8) is 0 Å². The van der Waals surface area contributed by atoms with Gasteiger partial charge >= 0.3 is 0 Å². The normalized spacial score (nSPS) is 14.2. The van der Waals surface area contributed by atoms with Crippen LogP contribution in [-0.2, 0) is 6.54 Å². The minimum Gasteiger partial charge on any atom is -0.451 e. The summed E-state index contributed by atoms with van der Waals surface area (Å²) in [4.78, 5) is 17.4. The van der Waals surface area contributed by atoms with Gasteiger partial charge in [0, 0.05) is 59.7 Å². The van der Waals surface area contributed by atoms with Gasteiger partial charge in [0.25, 0.3) is 5.91 Å². The fourth-order valence-electron chi connectivity index (χ4n) is 4.24. The topological polar surface area (TPSA) is 48.7 Å². The summed E-state index contributed by atoms with van der Waals surface area (Å²) >= 11 is 12.4. The summed E-state index contributed by atoms with van der Waals surface area (Å²) in [6, 6.07) is 26.7. The molecule has 2 heterocycles. The van der Waals surface area contributed by atoms with Crippen LogP contribution in [0.5, 0.6) is 0 Å². The highest BCUT2D eigenvalue weighted by molar-refractivity contribution is 6.31. The van der Waals surface area contributed by atoms with Gasteiger partial charge in [-0.15, -0.1) is 0 Å². The van der Waals surface area contributed by atoms with Crippen molar-refractivity contribution in [2.75, 3.05) is 36.4 Å². The van der Waals surface area contributed by atoms with Crippen LogP contribution in [-0.4, -0.2) is 37.0 Å². The van der Waals surface area contributed by atoms with Crippen molar-refractivity contribution in [1.29, 1.82) is 0 Å². The number of benzene rings is 3. The summed E-state index contributed by atoms with van der Waals surface area (Å²) < 4.78 is 5.75. The molecular formula is C28H25Cl2N3O2. The number of halogens is 2. The lowest BCUT2D eigenvalue weighted by atomic mass is 10.2. The van der Waals surface area contributed by atoms with Crippen molar-refractivity contribution >= 4 is 40.5 Å². The van der Waals surface area contributed by atoms with Crippen LogP contribution in [0.3, 0.4) is 0 Å². The lowest BCUT2D eigenvalue weighted by Crippen LogP contribution is -2.46. The van der Waals surface area contributed by atoms with Crippen LogP contribution < -0.4 is 10.2 Å². The summed E-state index contributed by atoms with van der Waals surface area (Å²) in [7, 11) is 0. The van der Waals surface area contributed by atoms with E-state index in [4.69, 9.17) is 27.6 Å². The number of hydrogen-bond acceptors (Lipinski definition) is 4. The van der Waals surface area contributed by atoms with E-state index in [2.05, 4.69) is 21.2 Å². The predicted octanol–water partition coefficient (Wildman–Crippen LogP) is 6.83. The first-order valence-electron chi connectivity index (χ1n) is 11.5. The molecule has 4 aromatic rings. The maximum absolute atomic E-state index is 12.7. The number of piperazine rings is 1. The summed E-state index contributed by atoms with van der Waals surface area (Å²) in [6.45, 7) is 4.68. The van der Waals surface area contributed by atoms with Crippen LogP contribution in [0.2, 0.25) is 10.0 Å². The Balaban J connectivity index is 1.15. The highest BCUT2D eigenvalue weighted by Gasteiger charge is 2.18. The molecule has 5 rings (SSSR count). The van der Waals surface area contributed by atoms with Crippen molar-refractivity contribution in [3.05, 3.63) is 106 Å². The Labute approximate surface area is 214 Å². The van der Waals surface area contributed by atoms with Gasteiger partial charge in [0.2, 0.25) is 0 Å². The fourth-order valence-corrected chi connectivity index (χ4v) is 4.62. The molecule has 1 saturated heterocycles. The second-order valence-electron chi connectivity index (χ2n) is 8.53. The van der Waals surface area contributed by atoms with Crippen LogP contribution in [0.25, 0.3) is 11.3 Å². The molecule has 0 radical (unpaired) electrons. The molecule has 7 heteroatoms. The third-order valence-electron chi connectivity index (χ3n) is 6.15. The molecule has 1 aromatic heterocycles. The number of nitrogens with zero attached hydrogens (tertiary/aromatic N) is 2. The van der Waals surface area contributed by atoms with Crippen molar-refractivity contribution in [2.24, 2.45) is 0 Å². The average molecular weight is 506 g/mol. The maximum atomic E-state index is 12.7. The van der Waals surface area contributed by atoms with Crippen LogP contribution in [0, 0.1) is 0 Å². The highest BCUT2D eigenvalue weighted by Crippen LogP contribution is 2.26. The van der Waals surface area contributed by atoms with Gasteiger partial charge in [-0.2, -0.15) is 0 Å². The van der Waals surface area contributed by atoms with E-state index in [9.17, 15) is 4.79 Å². The van der Waals surface area contributed by atoms with E-state index in [0.29, 0.717) is 10.8 Å². The number of hydrogen-bond donors (Lipinski definition) is 1. The molecule has 1 fully saturated rings. The maximum Gasteiger partial charge on any atom is 0.291 e. The molecule has 35 heavy (non-hydrogen) atoms. The second kappa shape index (κ2) is 10.6. The zero-order chi connectivity index (χ0) is 24.2. The van der Waals surface area contributed by atoms with Gasteiger partial charge in [0.1, 0.15) is 5.76 Å². The van der Waals surface area contributed by atoms with Gasteiger partial charge in [-0.1, -0.05) is 53.5 Å². The number of nitrogens with one attached hydrogen (secondary N) is 1. The first-order valence-corrected chi connectivity index (χ1v) is 12.3. The monoisotopic (exact) mass is 505 g/mol. The SMILES string of the molecule is O=C(Nc1ccc(N2CCN(Cc3ccccc3Cl)CC2)cc1)c1ccc(-c2cccc(Cl)c2)o1. The minimum atomic E-state index is -0.292. The third kappa shape index (κ3) is 5.70. The van der Waals surface area contributed by atoms with Crippen molar-refractivity contribution < 1.29 is 9.21 Å². The van der Waals surface area contributed by atoms with Gasteiger partial charge in [-0.05, 0) is 60.2 Å². The molecule has 0 spiro atoms. The highest BCUT2D eigenvalue weighted by atomic mass is 35.5. The van der Waals surface area contributed by atoms with Crippen LogP contribution in [0.15, 0.2) is 89.3 Å². The molecule has 1 aliphatic rings. The van der Waals surface area contributed by atoms with E-state index < -0.39 is 0 Å². The van der Waals surface area contributed by atoms with Gasteiger partial charge < -0.3 is 14.6 Å². The molecule has 0 aliphatic carbocycles. The smallest absolute Gasteiger partial charge is 0.291 e. The lowest BCUT2D eigenvalue weighted by Gasteiger charge is -2.36. The molecule has 0 bridgehead atoms. The van der Waals surface area contributed by atoms with Crippen molar-refractivity contribution in [3.8, 4) is 11.3 Å². The molecule has 1 aliphatic heterocycles. The van der Waals surface area contributed by atoms with Crippen molar-refractivity contribution in [1.82, 2.24) is 4.90 Å². The van der Waals surface area contributed by atoms with Crippen LogP contribution in [0.4, 0.5) is 11.4 Å². The van der Waals surface area contributed by atoms with E-state index in [1.807, 2.05) is 54.6 Å². The second-order valence-corrected chi connectivity index (χ2v) is 9.37. The summed E-state index contributed by atoms with van der Waals surface area (Å²) in [6.07, 6.45) is 0. The zero-order valence-electron chi connectivity index (χ0n) is 19.1. The Morgan fingerprint density at radius 3 is 2.37 bits per heavy atom. The first kappa shape index (κ1) is 23.5. The number of carbonyl (C=O) groups is 1. The van der Waals surface area contributed by atoms with E-state index in [0.717, 1.165) is 54.7 Å². The molecular weight excluding hydrogens is 481 g/mol. The number of carbonyl (C=O) groups excluding carboxylic acids is 1. The average Bonchev–Trinajstić information content (AvgIpc) is 3.37. The number of amides is 1. The molecule has 1 amide bonds. The standard InChI is InChI=1S/C28H25Cl2N3O2/c29-22-6-3-5-20(18-22)26-12-13-27(35-26)28(34)31-23-8-10-24(11-9-23)33-16-14-32(15-17-33)19-21-4-1-2-7-25(21)30/h1-13,18H,14-17,19H2,(H,31,34). The van der Waals surface area contributed by atoms with Gasteiger partial charge in [-0.3, -0.25) is 9.69 Å². The summed E-state index contributed by atoms with van der Waals surface area (Å²) in [5.74, 6) is 0.555. The Kier molecular flexibility index (Phi) is 7.09.